The van der Waals surface area contributed by atoms with Crippen LogP contribution in [-0.4, -0.2) is 19.9 Å². The molecular formula is C9H12N2O4S. The first-order chi connectivity index (χ1) is 7.38. The monoisotopic (exact) mass is 244 g/mol. The summed E-state index contributed by atoms with van der Waals surface area (Å²) in [6.45, 7) is 3.47. The van der Waals surface area contributed by atoms with Crippen molar-refractivity contribution in [3.63, 3.8) is 0 Å². The summed E-state index contributed by atoms with van der Waals surface area (Å²) >= 11 is 0. The molecule has 0 aliphatic carbocycles. The summed E-state index contributed by atoms with van der Waals surface area (Å²) in [5.41, 5.74) is 0.239. The Kier molecular flexibility index (Phi) is 3.61. The van der Waals surface area contributed by atoms with Crippen molar-refractivity contribution < 1.29 is 13.3 Å². The fourth-order valence-corrected chi connectivity index (χ4v) is 2.58. The standard InChI is InChI=1S/C9H12N2O4S/c1-3-10-16(14,15)9-5-4-8(11(12)13)6-7(9)2/h4-6,10H,3H2,1-2H3. The van der Waals surface area contributed by atoms with Gasteiger partial charge in [0.15, 0.2) is 0 Å². The van der Waals surface area contributed by atoms with Gasteiger partial charge >= 0.3 is 0 Å². The molecular weight excluding hydrogens is 232 g/mol. The van der Waals surface area contributed by atoms with Gasteiger partial charge in [-0.15, -0.1) is 0 Å². The molecule has 16 heavy (non-hydrogen) atoms. The summed E-state index contributed by atoms with van der Waals surface area (Å²) in [4.78, 5) is 9.99. The van der Waals surface area contributed by atoms with Crippen LogP contribution in [0.4, 0.5) is 5.69 Å². The number of hydrogen-bond donors (Lipinski definition) is 1. The minimum absolute atomic E-state index is 0.0694. The van der Waals surface area contributed by atoms with Crippen molar-refractivity contribution >= 4 is 15.7 Å². The molecule has 1 aromatic rings. The second-order valence-electron chi connectivity index (χ2n) is 3.21. The Labute approximate surface area is 93.5 Å². The highest BCUT2D eigenvalue weighted by Gasteiger charge is 2.17. The third-order valence-corrected chi connectivity index (χ3v) is 3.70. The van der Waals surface area contributed by atoms with Crippen LogP contribution in [-0.2, 0) is 10.0 Å². The molecule has 0 aliphatic rings. The molecule has 1 aromatic carbocycles. The van der Waals surface area contributed by atoms with Crippen LogP contribution in [0, 0.1) is 17.0 Å². The number of nitrogens with one attached hydrogen (secondary N) is 1. The van der Waals surface area contributed by atoms with E-state index in [-0.39, 0.29) is 17.1 Å². The SMILES string of the molecule is CCNS(=O)(=O)c1ccc([N+](=O)[O-])cc1C. The molecule has 0 saturated carbocycles. The molecule has 0 heterocycles. The molecule has 0 radical (unpaired) electrons. The molecule has 0 spiro atoms. The first kappa shape index (κ1) is 12.6. The van der Waals surface area contributed by atoms with Crippen molar-refractivity contribution in [3.8, 4) is 0 Å². The Balaban J connectivity index is 3.23. The van der Waals surface area contributed by atoms with E-state index in [1.165, 1.54) is 25.1 Å². The highest BCUT2D eigenvalue weighted by Crippen LogP contribution is 2.20. The third kappa shape index (κ3) is 2.56. The van der Waals surface area contributed by atoms with Gasteiger partial charge in [-0.25, -0.2) is 13.1 Å². The molecule has 1 N–H and O–H groups in total. The number of rotatable bonds is 4. The van der Waals surface area contributed by atoms with Crippen LogP contribution >= 0.6 is 0 Å². The van der Waals surface area contributed by atoms with E-state index in [1.54, 1.807) is 6.92 Å². The lowest BCUT2D eigenvalue weighted by molar-refractivity contribution is -0.385. The first-order valence-corrected chi connectivity index (χ1v) is 6.11. The van der Waals surface area contributed by atoms with Gasteiger partial charge in [0.2, 0.25) is 10.0 Å². The minimum Gasteiger partial charge on any atom is -0.258 e. The number of nitro benzene ring substituents is 1. The number of hydrogen-bond acceptors (Lipinski definition) is 4. The van der Waals surface area contributed by atoms with Gasteiger partial charge in [-0.1, -0.05) is 6.92 Å². The molecule has 0 aliphatic heterocycles. The van der Waals surface area contributed by atoms with Crippen molar-refractivity contribution in [3.05, 3.63) is 33.9 Å². The highest BCUT2D eigenvalue weighted by atomic mass is 32.2. The lowest BCUT2D eigenvalue weighted by Crippen LogP contribution is -2.23. The second kappa shape index (κ2) is 4.58. The summed E-state index contributed by atoms with van der Waals surface area (Å²) in [6.07, 6.45) is 0. The molecule has 0 saturated heterocycles. The van der Waals surface area contributed by atoms with Crippen LogP contribution in [0.1, 0.15) is 12.5 Å². The Morgan fingerprint density at radius 2 is 2.06 bits per heavy atom. The van der Waals surface area contributed by atoms with E-state index in [2.05, 4.69) is 4.72 Å². The summed E-state index contributed by atoms with van der Waals surface area (Å²) in [6, 6.07) is 3.66. The fraction of sp³-hybridized carbons (Fsp3) is 0.333. The Morgan fingerprint density at radius 3 is 2.50 bits per heavy atom. The molecule has 88 valence electrons. The lowest BCUT2D eigenvalue weighted by atomic mass is 10.2. The van der Waals surface area contributed by atoms with E-state index in [0.29, 0.717) is 5.56 Å². The summed E-state index contributed by atoms with van der Waals surface area (Å²) < 4.78 is 25.6. The third-order valence-electron chi connectivity index (χ3n) is 1.99. The molecule has 0 amide bonds. The van der Waals surface area contributed by atoms with Gasteiger partial charge in [-0.3, -0.25) is 10.1 Å². The van der Waals surface area contributed by atoms with Gasteiger partial charge in [0.25, 0.3) is 5.69 Å². The lowest BCUT2D eigenvalue weighted by Gasteiger charge is -2.07. The van der Waals surface area contributed by atoms with Crippen LogP contribution in [0.15, 0.2) is 23.1 Å². The van der Waals surface area contributed by atoms with Gasteiger partial charge in [-0.2, -0.15) is 0 Å². The van der Waals surface area contributed by atoms with Crippen molar-refractivity contribution in [2.45, 2.75) is 18.7 Å². The molecule has 0 bridgehead atoms. The predicted molar refractivity (Wildman–Crippen MR) is 58.7 cm³/mol. The summed E-state index contributed by atoms with van der Waals surface area (Å²) in [5.74, 6) is 0. The van der Waals surface area contributed by atoms with Crippen LogP contribution < -0.4 is 4.72 Å². The predicted octanol–water partition coefficient (Wildman–Crippen LogP) is 1.20. The molecule has 0 atom stereocenters. The van der Waals surface area contributed by atoms with Gasteiger partial charge in [-0.05, 0) is 18.6 Å². The number of nitrogens with zero attached hydrogens (tertiary/aromatic N) is 1. The Bertz CT molecular complexity index is 510. The minimum atomic E-state index is -3.56. The largest absolute Gasteiger partial charge is 0.269 e. The molecule has 0 fully saturated rings. The van der Waals surface area contributed by atoms with Crippen molar-refractivity contribution in [2.75, 3.05) is 6.54 Å². The Hall–Kier alpha value is -1.47. The average molecular weight is 244 g/mol. The van der Waals surface area contributed by atoms with Gasteiger partial charge in [0.05, 0.1) is 9.82 Å². The van der Waals surface area contributed by atoms with E-state index >= 15 is 0 Å². The zero-order valence-corrected chi connectivity index (χ0v) is 9.74. The molecule has 0 unspecified atom stereocenters. The maximum absolute atomic E-state index is 11.7. The molecule has 7 heteroatoms. The van der Waals surface area contributed by atoms with Gasteiger partial charge < -0.3 is 0 Å². The molecule has 6 nitrogen and oxygen atoms in total. The average Bonchev–Trinajstić information content (AvgIpc) is 2.16. The van der Waals surface area contributed by atoms with E-state index in [0.717, 1.165) is 0 Å². The number of sulfonamides is 1. The van der Waals surface area contributed by atoms with E-state index in [1.807, 2.05) is 0 Å². The zero-order valence-electron chi connectivity index (χ0n) is 8.93. The number of aryl methyl sites for hydroxylation is 1. The van der Waals surface area contributed by atoms with E-state index in [4.69, 9.17) is 0 Å². The summed E-state index contributed by atoms with van der Waals surface area (Å²) in [7, 11) is -3.56. The van der Waals surface area contributed by atoms with Crippen LogP contribution in [0.5, 0.6) is 0 Å². The number of nitro groups is 1. The van der Waals surface area contributed by atoms with Crippen LogP contribution in [0.25, 0.3) is 0 Å². The molecule has 1 rings (SSSR count). The smallest absolute Gasteiger partial charge is 0.258 e. The van der Waals surface area contributed by atoms with Gasteiger partial charge in [0.1, 0.15) is 0 Å². The Morgan fingerprint density at radius 1 is 1.44 bits per heavy atom. The summed E-state index contributed by atoms with van der Waals surface area (Å²) in [5, 5.41) is 10.5. The van der Waals surface area contributed by atoms with Crippen molar-refractivity contribution in [1.29, 1.82) is 0 Å². The molecule has 0 aromatic heterocycles. The maximum atomic E-state index is 11.7. The fourth-order valence-electron chi connectivity index (χ4n) is 1.32. The van der Waals surface area contributed by atoms with Crippen LogP contribution in [0.3, 0.4) is 0 Å². The number of benzene rings is 1. The zero-order chi connectivity index (χ0) is 12.3. The number of non-ortho nitro benzene ring substituents is 1. The second-order valence-corrected chi connectivity index (χ2v) is 4.94. The quantitative estimate of drug-likeness (QED) is 0.636. The first-order valence-electron chi connectivity index (χ1n) is 4.63. The van der Waals surface area contributed by atoms with E-state index < -0.39 is 14.9 Å². The van der Waals surface area contributed by atoms with Crippen LogP contribution in [0.2, 0.25) is 0 Å². The highest BCUT2D eigenvalue weighted by molar-refractivity contribution is 7.89. The topological polar surface area (TPSA) is 89.3 Å². The van der Waals surface area contributed by atoms with Crippen molar-refractivity contribution in [2.24, 2.45) is 0 Å². The normalized spacial score (nSPS) is 11.4. The van der Waals surface area contributed by atoms with Gasteiger partial charge in [0, 0.05) is 18.7 Å². The maximum Gasteiger partial charge on any atom is 0.269 e. The van der Waals surface area contributed by atoms with E-state index in [9.17, 15) is 18.5 Å². The van der Waals surface area contributed by atoms with Crippen molar-refractivity contribution in [1.82, 2.24) is 4.72 Å².